The van der Waals surface area contributed by atoms with E-state index in [0.29, 0.717) is 4.47 Å². The summed E-state index contributed by atoms with van der Waals surface area (Å²) < 4.78 is 40.8. The lowest BCUT2D eigenvalue weighted by atomic mass is 10.2. The number of halogens is 4. The van der Waals surface area contributed by atoms with E-state index in [9.17, 15) is 22.8 Å². The molecular weight excluding hydrogens is 365 g/mol. The van der Waals surface area contributed by atoms with E-state index in [2.05, 4.69) is 21.2 Å². The SMILES string of the molecule is O=C(NC(=O)c1c(F)cccc1F)Nc1ccc(Br)cc1F. The van der Waals surface area contributed by atoms with Crippen molar-refractivity contribution < 1.29 is 22.8 Å². The van der Waals surface area contributed by atoms with Crippen LogP contribution >= 0.6 is 15.9 Å². The topological polar surface area (TPSA) is 58.2 Å². The molecule has 0 saturated carbocycles. The predicted octanol–water partition coefficient (Wildman–Crippen LogP) is 3.83. The molecule has 0 heterocycles. The van der Waals surface area contributed by atoms with Crippen LogP contribution < -0.4 is 10.6 Å². The molecular formula is C14H8BrF3N2O2. The highest BCUT2D eigenvalue weighted by Crippen LogP contribution is 2.19. The standard InChI is InChI=1S/C14H8BrF3N2O2/c15-7-4-5-11(10(18)6-7)19-14(22)20-13(21)12-8(16)2-1-3-9(12)17/h1-6H,(H2,19,20,21,22). The summed E-state index contributed by atoms with van der Waals surface area (Å²) in [6, 6.07) is 5.56. The summed E-state index contributed by atoms with van der Waals surface area (Å²) in [5.41, 5.74) is -1.09. The van der Waals surface area contributed by atoms with E-state index in [1.165, 1.54) is 12.1 Å². The minimum absolute atomic E-state index is 0.192. The molecule has 0 aromatic heterocycles. The van der Waals surface area contributed by atoms with Gasteiger partial charge in [0.1, 0.15) is 23.0 Å². The van der Waals surface area contributed by atoms with Crippen LogP contribution in [-0.4, -0.2) is 11.9 Å². The van der Waals surface area contributed by atoms with E-state index >= 15 is 0 Å². The maximum absolute atomic E-state index is 13.5. The van der Waals surface area contributed by atoms with Crippen molar-refractivity contribution in [2.24, 2.45) is 0 Å². The molecule has 2 rings (SSSR count). The summed E-state index contributed by atoms with van der Waals surface area (Å²) >= 11 is 3.04. The second-order valence-corrected chi connectivity index (χ2v) is 5.04. The average molecular weight is 373 g/mol. The molecule has 4 nitrogen and oxygen atoms in total. The fraction of sp³-hybridized carbons (Fsp3) is 0. The molecule has 0 atom stereocenters. The lowest BCUT2D eigenvalue weighted by Crippen LogP contribution is -2.35. The van der Waals surface area contributed by atoms with E-state index in [0.717, 1.165) is 24.3 Å². The van der Waals surface area contributed by atoms with Gasteiger partial charge in [-0.2, -0.15) is 0 Å². The first kappa shape index (κ1) is 16.0. The zero-order valence-corrected chi connectivity index (χ0v) is 12.4. The first-order valence-corrected chi connectivity index (χ1v) is 6.69. The van der Waals surface area contributed by atoms with Crippen molar-refractivity contribution in [1.82, 2.24) is 5.32 Å². The zero-order valence-electron chi connectivity index (χ0n) is 10.8. The second-order valence-electron chi connectivity index (χ2n) is 4.13. The molecule has 0 saturated heterocycles. The van der Waals surface area contributed by atoms with Gasteiger partial charge in [0.2, 0.25) is 0 Å². The van der Waals surface area contributed by atoms with E-state index in [1.54, 1.807) is 5.32 Å². The Labute approximate surface area is 131 Å². The van der Waals surface area contributed by atoms with Crippen molar-refractivity contribution in [2.45, 2.75) is 0 Å². The third kappa shape index (κ3) is 3.64. The van der Waals surface area contributed by atoms with Gasteiger partial charge >= 0.3 is 6.03 Å². The van der Waals surface area contributed by atoms with Gasteiger partial charge in [-0.15, -0.1) is 0 Å². The van der Waals surface area contributed by atoms with E-state index in [1.807, 2.05) is 0 Å². The molecule has 2 aromatic carbocycles. The van der Waals surface area contributed by atoms with Crippen LogP contribution in [0.5, 0.6) is 0 Å². The third-order valence-electron chi connectivity index (χ3n) is 2.60. The van der Waals surface area contributed by atoms with Crippen molar-refractivity contribution in [1.29, 1.82) is 0 Å². The normalized spacial score (nSPS) is 10.2. The number of hydrogen-bond acceptors (Lipinski definition) is 2. The van der Waals surface area contributed by atoms with Crippen LogP contribution in [0.1, 0.15) is 10.4 Å². The number of rotatable bonds is 2. The Bertz CT molecular complexity index is 733. The van der Waals surface area contributed by atoms with E-state index in [4.69, 9.17) is 0 Å². The fourth-order valence-corrected chi connectivity index (χ4v) is 1.96. The van der Waals surface area contributed by atoms with Crippen molar-refractivity contribution >= 4 is 33.6 Å². The third-order valence-corrected chi connectivity index (χ3v) is 3.09. The number of hydrogen-bond donors (Lipinski definition) is 2. The molecule has 0 bridgehead atoms. The lowest BCUT2D eigenvalue weighted by Gasteiger charge is -2.08. The largest absolute Gasteiger partial charge is 0.326 e. The second kappa shape index (κ2) is 6.61. The average Bonchev–Trinajstić information content (AvgIpc) is 2.41. The first-order chi connectivity index (χ1) is 10.4. The van der Waals surface area contributed by atoms with Crippen molar-refractivity contribution in [3.05, 3.63) is 63.9 Å². The number of carbonyl (C=O) groups is 2. The van der Waals surface area contributed by atoms with Gasteiger partial charge in [-0.1, -0.05) is 22.0 Å². The van der Waals surface area contributed by atoms with E-state index < -0.39 is 35.0 Å². The summed E-state index contributed by atoms with van der Waals surface area (Å²) in [7, 11) is 0. The molecule has 2 N–H and O–H groups in total. The van der Waals surface area contributed by atoms with Crippen LogP contribution in [-0.2, 0) is 0 Å². The molecule has 0 fully saturated rings. The highest BCUT2D eigenvalue weighted by atomic mass is 79.9. The summed E-state index contributed by atoms with van der Waals surface area (Å²) in [6.07, 6.45) is 0. The van der Waals surface area contributed by atoms with Gasteiger partial charge in [-0.25, -0.2) is 18.0 Å². The van der Waals surface area contributed by atoms with Gasteiger partial charge in [-0.05, 0) is 30.3 Å². The lowest BCUT2D eigenvalue weighted by molar-refractivity contribution is 0.0959. The maximum Gasteiger partial charge on any atom is 0.326 e. The summed E-state index contributed by atoms with van der Waals surface area (Å²) in [4.78, 5) is 23.3. The number of anilines is 1. The molecule has 0 unspecified atom stereocenters. The summed E-state index contributed by atoms with van der Waals surface area (Å²) in [5, 5.41) is 3.79. The minimum Gasteiger partial charge on any atom is -0.305 e. The Morgan fingerprint density at radius 1 is 0.955 bits per heavy atom. The van der Waals surface area contributed by atoms with Gasteiger partial charge in [0.25, 0.3) is 5.91 Å². The molecule has 0 aliphatic carbocycles. The van der Waals surface area contributed by atoms with Crippen LogP contribution in [0.2, 0.25) is 0 Å². The number of urea groups is 1. The van der Waals surface area contributed by atoms with Crippen LogP contribution in [0.25, 0.3) is 0 Å². The molecule has 114 valence electrons. The highest BCUT2D eigenvalue weighted by Gasteiger charge is 2.19. The van der Waals surface area contributed by atoms with Gasteiger partial charge in [-0.3, -0.25) is 10.1 Å². The van der Waals surface area contributed by atoms with Crippen molar-refractivity contribution in [3.63, 3.8) is 0 Å². The quantitative estimate of drug-likeness (QED) is 0.841. The number of imide groups is 1. The Morgan fingerprint density at radius 2 is 1.59 bits per heavy atom. The van der Waals surface area contributed by atoms with Crippen molar-refractivity contribution in [3.8, 4) is 0 Å². The molecule has 8 heteroatoms. The monoisotopic (exact) mass is 372 g/mol. The zero-order chi connectivity index (χ0) is 16.3. The first-order valence-electron chi connectivity index (χ1n) is 5.90. The molecule has 0 radical (unpaired) electrons. The fourth-order valence-electron chi connectivity index (χ4n) is 1.62. The van der Waals surface area contributed by atoms with Gasteiger partial charge in [0.05, 0.1) is 5.69 Å². The van der Waals surface area contributed by atoms with Crippen LogP contribution in [0, 0.1) is 17.5 Å². The number of carbonyl (C=O) groups excluding carboxylic acids is 2. The predicted molar refractivity (Wildman–Crippen MR) is 76.9 cm³/mol. The Hall–Kier alpha value is -2.35. The smallest absolute Gasteiger partial charge is 0.305 e. The van der Waals surface area contributed by atoms with E-state index in [-0.39, 0.29) is 5.69 Å². The molecule has 0 aliphatic rings. The summed E-state index contributed by atoms with van der Waals surface area (Å²) in [6.45, 7) is 0. The molecule has 0 aliphatic heterocycles. The minimum atomic E-state index is -1.27. The van der Waals surface area contributed by atoms with Crippen LogP contribution in [0.15, 0.2) is 40.9 Å². The van der Waals surface area contributed by atoms with Gasteiger partial charge in [0.15, 0.2) is 0 Å². The van der Waals surface area contributed by atoms with Crippen molar-refractivity contribution in [2.75, 3.05) is 5.32 Å². The number of benzene rings is 2. The number of amides is 3. The molecule has 3 amide bonds. The number of nitrogens with one attached hydrogen (secondary N) is 2. The van der Waals surface area contributed by atoms with Crippen LogP contribution in [0.3, 0.4) is 0 Å². The highest BCUT2D eigenvalue weighted by molar-refractivity contribution is 9.10. The van der Waals surface area contributed by atoms with Gasteiger partial charge in [0, 0.05) is 4.47 Å². The Morgan fingerprint density at radius 3 is 2.18 bits per heavy atom. The Balaban J connectivity index is 2.10. The summed E-state index contributed by atoms with van der Waals surface area (Å²) in [5.74, 6) is -4.24. The Kier molecular flexibility index (Phi) is 4.81. The molecule has 2 aromatic rings. The van der Waals surface area contributed by atoms with Gasteiger partial charge < -0.3 is 5.32 Å². The van der Waals surface area contributed by atoms with Crippen LogP contribution in [0.4, 0.5) is 23.7 Å². The molecule has 22 heavy (non-hydrogen) atoms. The molecule has 0 spiro atoms. The maximum atomic E-state index is 13.5.